The standard InChI is InChI=1S/C17H22NO3.ClH/c1-2-15(19)8-11-18(9-4-3-5-10-18)14-6-7-16-17(12-14)21-13-20-16;/h2,6-7,12H,1,3-5,8-11,13H2;1H/q+1;. The van der Waals surface area contributed by atoms with E-state index in [0.29, 0.717) is 13.2 Å². The fraction of sp³-hybridized carbons (Fsp3) is 0.471. The van der Waals surface area contributed by atoms with Gasteiger partial charge in [0.1, 0.15) is 5.69 Å². The van der Waals surface area contributed by atoms with Crippen LogP contribution in [-0.4, -0.2) is 32.2 Å². The summed E-state index contributed by atoms with van der Waals surface area (Å²) in [5.74, 6) is 1.76. The van der Waals surface area contributed by atoms with Crippen molar-refractivity contribution in [3.8, 4) is 11.5 Å². The molecule has 0 atom stereocenters. The van der Waals surface area contributed by atoms with Gasteiger partial charge in [0.25, 0.3) is 0 Å². The van der Waals surface area contributed by atoms with Gasteiger partial charge in [0.2, 0.25) is 6.79 Å². The summed E-state index contributed by atoms with van der Waals surface area (Å²) >= 11 is 0. The zero-order valence-corrected chi connectivity index (χ0v) is 13.6. The minimum Gasteiger partial charge on any atom is -0.454 e. The fourth-order valence-electron chi connectivity index (χ4n) is 3.33. The number of piperidine rings is 1. The summed E-state index contributed by atoms with van der Waals surface area (Å²) in [6.07, 6.45) is 5.67. The van der Waals surface area contributed by atoms with Crippen LogP contribution in [0.5, 0.6) is 11.5 Å². The van der Waals surface area contributed by atoms with Crippen molar-refractivity contribution >= 4 is 23.9 Å². The maximum Gasteiger partial charge on any atom is 0.231 e. The van der Waals surface area contributed by atoms with Gasteiger partial charge < -0.3 is 9.47 Å². The molecule has 0 saturated carbocycles. The molecule has 1 fully saturated rings. The number of nitrogens with zero attached hydrogens (tertiary/aromatic N) is 1. The maximum absolute atomic E-state index is 11.6. The van der Waals surface area contributed by atoms with Gasteiger partial charge in [0.05, 0.1) is 26.1 Å². The Morgan fingerprint density at radius 1 is 1.18 bits per heavy atom. The van der Waals surface area contributed by atoms with Gasteiger partial charge in [0.15, 0.2) is 17.3 Å². The number of ether oxygens (including phenoxy) is 2. The molecular weight excluding hydrogens is 302 g/mol. The molecule has 2 heterocycles. The Morgan fingerprint density at radius 2 is 1.91 bits per heavy atom. The van der Waals surface area contributed by atoms with Crippen LogP contribution in [0.2, 0.25) is 0 Å². The van der Waals surface area contributed by atoms with Gasteiger partial charge in [-0.15, -0.1) is 12.4 Å². The second kappa shape index (κ2) is 7.16. The normalized spacial score (nSPS) is 18.4. The molecule has 1 aromatic rings. The molecule has 0 aromatic heterocycles. The van der Waals surface area contributed by atoms with E-state index in [0.717, 1.165) is 35.6 Å². The maximum atomic E-state index is 11.6. The van der Waals surface area contributed by atoms with E-state index >= 15 is 0 Å². The van der Waals surface area contributed by atoms with Crippen LogP contribution in [0.25, 0.3) is 0 Å². The highest BCUT2D eigenvalue weighted by Gasteiger charge is 2.34. The monoisotopic (exact) mass is 324 g/mol. The second-order valence-electron chi connectivity index (χ2n) is 5.83. The number of carbonyl (C=O) groups is 1. The predicted octanol–water partition coefficient (Wildman–Crippen LogP) is 3.47. The molecule has 1 aromatic carbocycles. The van der Waals surface area contributed by atoms with Crippen LogP contribution in [0.4, 0.5) is 5.69 Å². The van der Waals surface area contributed by atoms with E-state index in [1.165, 1.54) is 31.0 Å². The molecule has 1 saturated heterocycles. The number of halogens is 1. The summed E-state index contributed by atoms with van der Waals surface area (Å²) in [7, 11) is 0. The van der Waals surface area contributed by atoms with Crippen LogP contribution in [-0.2, 0) is 4.79 Å². The third-order valence-electron chi connectivity index (χ3n) is 4.59. The van der Waals surface area contributed by atoms with E-state index in [1.807, 2.05) is 6.07 Å². The highest BCUT2D eigenvalue weighted by Crippen LogP contribution is 2.39. The second-order valence-corrected chi connectivity index (χ2v) is 5.83. The minimum absolute atomic E-state index is 0. The molecule has 5 heteroatoms. The number of allylic oxidation sites excluding steroid dienone is 1. The minimum atomic E-state index is 0. The van der Waals surface area contributed by atoms with E-state index in [2.05, 4.69) is 18.7 Å². The first kappa shape index (κ1) is 16.8. The van der Waals surface area contributed by atoms with Gasteiger partial charge in [-0.2, -0.15) is 0 Å². The number of hydrogen-bond donors (Lipinski definition) is 0. The van der Waals surface area contributed by atoms with Crippen LogP contribution in [0.3, 0.4) is 0 Å². The van der Waals surface area contributed by atoms with Crippen molar-refractivity contribution in [1.82, 2.24) is 4.48 Å². The molecule has 4 nitrogen and oxygen atoms in total. The Balaban J connectivity index is 0.00000176. The zero-order valence-electron chi connectivity index (χ0n) is 12.8. The Labute approximate surface area is 137 Å². The number of ketones is 1. The Bertz CT molecular complexity index is 553. The van der Waals surface area contributed by atoms with Crippen molar-refractivity contribution in [3.63, 3.8) is 0 Å². The quantitative estimate of drug-likeness (QED) is 0.614. The van der Waals surface area contributed by atoms with Crippen LogP contribution >= 0.6 is 12.4 Å². The first-order chi connectivity index (χ1) is 10.2. The molecule has 0 radical (unpaired) electrons. The van der Waals surface area contributed by atoms with Gasteiger partial charge in [-0.25, -0.2) is 0 Å². The number of fused-ring (bicyclic) bond motifs is 1. The number of likely N-dealkylation sites (tertiary alicyclic amines) is 1. The lowest BCUT2D eigenvalue weighted by Gasteiger charge is -2.41. The SMILES string of the molecule is C=CC(=O)CC[N+]1(c2ccc3c(c2)OCO3)CCCCC1.Cl. The fourth-order valence-corrected chi connectivity index (χ4v) is 3.33. The zero-order chi connectivity index (χ0) is 14.7. The van der Waals surface area contributed by atoms with Gasteiger partial charge in [-0.3, -0.25) is 9.28 Å². The summed E-state index contributed by atoms with van der Waals surface area (Å²) in [6.45, 7) is 6.89. The molecule has 0 aliphatic carbocycles. The average molecular weight is 325 g/mol. The number of carbonyl (C=O) groups excluding carboxylic acids is 1. The molecule has 2 aliphatic rings. The molecule has 120 valence electrons. The van der Waals surface area contributed by atoms with E-state index in [4.69, 9.17) is 9.47 Å². The first-order valence-corrected chi connectivity index (χ1v) is 7.65. The van der Waals surface area contributed by atoms with Crippen LogP contribution in [0.15, 0.2) is 30.9 Å². The molecular formula is C17H23ClNO3+. The van der Waals surface area contributed by atoms with Crippen molar-refractivity contribution in [2.75, 3.05) is 26.4 Å². The highest BCUT2D eigenvalue weighted by molar-refractivity contribution is 5.89. The predicted molar refractivity (Wildman–Crippen MR) is 89.9 cm³/mol. The molecule has 22 heavy (non-hydrogen) atoms. The summed E-state index contributed by atoms with van der Waals surface area (Å²) in [6, 6.07) is 6.20. The van der Waals surface area contributed by atoms with Crippen molar-refractivity contribution in [2.24, 2.45) is 0 Å². The lowest BCUT2D eigenvalue weighted by Crippen LogP contribution is -2.53. The van der Waals surface area contributed by atoms with Crippen LogP contribution < -0.4 is 14.0 Å². The highest BCUT2D eigenvalue weighted by atomic mass is 35.5. The van der Waals surface area contributed by atoms with Gasteiger partial charge in [-0.05, 0) is 31.4 Å². The van der Waals surface area contributed by atoms with Gasteiger partial charge >= 0.3 is 0 Å². The van der Waals surface area contributed by atoms with Gasteiger partial charge in [0, 0.05) is 12.1 Å². The molecule has 0 bridgehead atoms. The van der Waals surface area contributed by atoms with E-state index in [-0.39, 0.29) is 18.2 Å². The van der Waals surface area contributed by atoms with Crippen molar-refractivity contribution in [2.45, 2.75) is 25.7 Å². The lowest BCUT2D eigenvalue weighted by atomic mass is 10.0. The van der Waals surface area contributed by atoms with Crippen molar-refractivity contribution in [3.05, 3.63) is 30.9 Å². The number of hydrogen-bond acceptors (Lipinski definition) is 3. The largest absolute Gasteiger partial charge is 0.454 e. The van der Waals surface area contributed by atoms with E-state index < -0.39 is 0 Å². The third kappa shape index (κ3) is 3.28. The smallest absolute Gasteiger partial charge is 0.231 e. The molecule has 3 rings (SSSR count). The Hall–Kier alpha value is -1.52. The third-order valence-corrected chi connectivity index (χ3v) is 4.59. The van der Waals surface area contributed by atoms with Crippen molar-refractivity contribution < 1.29 is 14.3 Å². The summed E-state index contributed by atoms with van der Waals surface area (Å²) in [5.41, 5.74) is 1.23. The molecule has 0 unspecified atom stereocenters. The van der Waals surface area contributed by atoms with Crippen molar-refractivity contribution in [1.29, 1.82) is 0 Å². The van der Waals surface area contributed by atoms with Crippen LogP contribution in [0, 0.1) is 0 Å². The number of quaternary nitrogens is 1. The first-order valence-electron chi connectivity index (χ1n) is 7.65. The molecule has 0 spiro atoms. The summed E-state index contributed by atoms with van der Waals surface area (Å²) in [4.78, 5) is 11.6. The number of benzene rings is 1. The number of rotatable bonds is 5. The lowest BCUT2D eigenvalue weighted by molar-refractivity contribution is -0.114. The molecule has 0 amide bonds. The molecule has 0 N–H and O–H groups in total. The van der Waals surface area contributed by atoms with E-state index in [9.17, 15) is 4.79 Å². The average Bonchev–Trinajstić information content (AvgIpc) is 3.01. The Morgan fingerprint density at radius 3 is 2.64 bits per heavy atom. The molecule has 2 aliphatic heterocycles. The summed E-state index contributed by atoms with van der Waals surface area (Å²) in [5, 5.41) is 0. The summed E-state index contributed by atoms with van der Waals surface area (Å²) < 4.78 is 11.8. The van der Waals surface area contributed by atoms with E-state index in [1.54, 1.807) is 0 Å². The Kier molecular flexibility index (Phi) is 5.48. The topological polar surface area (TPSA) is 35.5 Å². The van der Waals surface area contributed by atoms with Gasteiger partial charge in [-0.1, -0.05) is 6.58 Å². The van der Waals surface area contributed by atoms with Crippen LogP contribution in [0.1, 0.15) is 25.7 Å².